The maximum Gasteiger partial charge on any atom is 0.272 e. The second-order valence-corrected chi connectivity index (χ2v) is 3.46. The first-order valence-corrected chi connectivity index (χ1v) is 4.65. The summed E-state index contributed by atoms with van der Waals surface area (Å²) in [5, 5.41) is 28.9. The molecular weight excluding hydrogens is 198 g/mol. The van der Waals surface area contributed by atoms with E-state index in [4.69, 9.17) is 5.11 Å². The topological polar surface area (TPSA) is 83.6 Å². The fourth-order valence-electron chi connectivity index (χ4n) is 1.31. The van der Waals surface area contributed by atoms with E-state index in [1.54, 1.807) is 6.92 Å². The number of aliphatic hydroxyl groups excluding tert-OH is 1. The lowest BCUT2D eigenvalue weighted by Gasteiger charge is -2.05. The molecule has 0 spiro atoms. The van der Waals surface area contributed by atoms with E-state index < -0.39 is 11.0 Å². The number of rotatable bonds is 4. The summed E-state index contributed by atoms with van der Waals surface area (Å²) in [7, 11) is 0. The molecule has 1 aromatic rings. The first-order valence-electron chi connectivity index (χ1n) is 4.65. The third-order valence-electron chi connectivity index (χ3n) is 2.09. The van der Waals surface area contributed by atoms with Crippen LogP contribution in [0.3, 0.4) is 0 Å². The van der Waals surface area contributed by atoms with E-state index in [2.05, 4.69) is 0 Å². The largest absolute Gasteiger partial charge is 0.508 e. The van der Waals surface area contributed by atoms with Crippen LogP contribution in [0.4, 0.5) is 5.69 Å². The van der Waals surface area contributed by atoms with Gasteiger partial charge in [0.15, 0.2) is 0 Å². The molecule has 15 heavy (non-hydrogen) atoms. The number of hydrogen-bond donors (Lipinski definition) is 2. The minimum atomic E-state index is -0.507. The summed E-state index contributed by atoms with van der Waals surface area (Å²) in [4.78, 5) is 10.1. The van der Waals surface area contributed by atoms with Crippen LogP contribution in [0.25, 0.3) is 0 Å². The van der Waals surface area contributed by atoms with Crippen LogP contribution >= 0.6 is 0 Å². The molecule has 0 unspecified atom stereocenters. The normalized spacial score (nSPS) is 12.4. The van der Waals surface area contributed by atoms with Crippen molar-refractivity contribution in [1.82, 2.24) is 0 Å². The molecule has 0 amide bonds. The molecule has 5 nitrogen and oxygen atoms in total. The summed E-state index contributed by atoms with van der Waals surface area (Å²) in [6.07, 6.45) is 0.305. The minimum Gasteiger partial charge on any atom is -0.508 e. The Morgan fingerprint density at radius 2 is 2.20 bits per heavy atom. The highest BCUT2D eigenvalue weighted by Crippen LogP contribution is 2.24. The van der Waals surface area contributed by atoms with Crippen LogP contribution in [-0.2, 0) is 6.42 Å². The van der Waals surface area contributed by atoms with Crippen LogP contribution in [0.1, 0.15) is 18.9 Å². The van der Waals surface area contributed by atoms with Gasteiger partial charge in [-0.15, -0.1) is 0 Å². The van der Waals surface area contributed by atoms with E-state index in [1.165, 1.54) is 18.2 Å². The molecule has 0 fully saturated rings. The fraction of sp³-hybridized carbons (Fsp3) is 0.400. The van der Waals surface area contributed by atoms with Gasteiger partial charge in [-0.1, -0.05) is 0 Å². The third kappa shape index (κ3) is 3.21. The van der Waals surface area contributed by atoms with E-state index in [0.29, 0.717) is 18.4 Å². The Labute approximate surface area is 87.1 Å². The number of phenols is 1. The summed E-state index contributed by atoms with van der Waals surface area (Å²) < 4.78 is 0. The van der Waals surface area contributed by atoms with Gasteiger partial charge in [-0.05, 0) is 31.9 Å². The van der Waals surface area contributed by atoms with E-state index in [9.17, 15) is 15.2 Å². The maximum atomic E-state index is 10.6. The molecule has 0 saturated heterocycles. The molecule has 82 valence electrons. The van der Waals surface area contributed by atoms with Gasteiger partial charge in [0, 0.05) is 11.6 Å². The highest BCUT2D eigenvalue weighted by molar-refractivity contribution is 5.44. The van der Waals surface area contributed by atoms with Crippen molar-refractivity contribution in [2.75, 3.05) is 0 Å². The lowest BCUT2D eigenvalue weighted by molar-refractivity contribution is -0.385. The van der Waals surface area contributed by atoms with Crippen molar-refractivity contribution in [1.29, 1.82) is 0 Å². The number of aryl methyl sites for hydroxylation is 1. The molecule has 0 bridgehead atoms. The summed E-state index contributed by atoms with van der Waals surface area (Å²) in [6, 6.07) is 3.91. The molecule has 0 aliphatic rings. The monoisotopic (exact) mass is 211 g/mol. The Bertz CT molecular complexity index is 362. The van der Waals surface area contributed by atoms with Crippen molar-refractivity contribution in [2.24, 2.45) is 0 Å². The van der Waals surface area contributed by atoms with Crippen molar-refractivity contribution >= 4 is 5.69 Å². The summed E-state index contributed by atoms with van der Waals surface area (Å²) in [6.45, 7) is 1.62. The van der Waals surface area contributed by atoms with E-state index in [-0.39, 0.29) is 11.4 Å². The molecule has 1 aromatic carbocycles. The molecule has 1 atom stereocenters. The highest BCUT2D eigenvalue weighted by Gasteiger charge is 2.14. The lowest BCUT2D eigenvalue weighted by atomic mass is 10.1. The van der Waals surface area contributed by atoms with Crippen molar-refractivity contribution < 1.29 is 15.1 Å². The molecular formula is C10H13NO4. The number of aliphatic hydroxyl groups is 1. The van der Waals surface area contributed by atoms with E-state index in [0.717, 1.165) is 0 Å². The molecule has 1 rings (SSSR count). The lowest BCUT2D eigenvalue weighted by Crippen LogP contribution is -2.03. The van der Waals surface area contributed by atoms with Crippen molar-refractivity contribution in [3.05, 3.63) is 33.9 Å². The molecule has 0 heterocycles. The van der Waals surface area contributed by atoms with Gasteiger partial charge in [-0.2, -0.15) is 0 Å². The van der Waals surface area contributed by atoms with Gasteiger partial charge in [0.2, 0.25) is 0 Å². The van der Waals surface area contributed by atoms with Crippen LogP contribution in [0.5, 0.6) is 5.75 Å². The second kappa shape index (κ2) is 4.75. The number of aromatic hydroxyl groups is 1. The summed E-state index contributed by atoms with van der Waals surface area (Å²) >= 11 is 0. The average molecular weight is 211 g/mol. The summed E-state index contributed by atoms with van der Waals surface area (Å²) in [5.74, 6) is 0.00110. The maximum absolute atomic E-state index is 10.6. The number of hydrogen-bond acceptors (Lipinski definition) is 4. The quantitative estimate of drug-likeness (QED) is 0.585. The number of benzene rings is 1. The van der Waals surface area contributed by atoms with Crippen molar-refractivity contribution in [3.8, 4) is 5.75 Å². The van der Waals surface area contributed by atoms with Gasteiger partial charge in [0.25, 0.3) is 5.69 Å². The smallest absolute Gasteiger partial charge is 0.272 e. The molecule has 5 heteroatoms. The van der Waals surface area contributed by atoms with Crippen LogP contribution in [0.15, 0.2) is 18.2 Å². The van der Waals surface area contributed by atoms with Crippen LogP contribution < -0.4 is 0 Å². The van der Waals surface area contributed by atoms with Crippen molar-refractivity contribution in [3.63, 3.8) is 0 Å². The van der Waals surface area contributed by atoms with Crippen LogP contribution in [-0.4, -0.2) is 21.2 Å². The van der Waals surface area contributed by atoms with Gasteiger partial charge in [0.1, 0.15) is 5.75 Å². The van der Waals surface area contributed by atoms with Crippen LogP contribution in [0, 0.1) is 10.1 Å². The SMILES string of the molecule is C[C@@H](O)CCc1cc(O)ccc1[N+](=O)[O-]. The van der Waals surface area contributed by atoms with Gasteiger partial charge in [-0.3, -0.25) is 10.1 Å². The third-order valence-corrected chi connectivity index (χ3v) is 2.09. The first-order chi connectivity index (χ1) is 7.00. The zero-order valence-corrected chi connectivity index (χ0v) is 8.38. The fourth-order valence-corrected chi connectivity index (χ4v) is 1.31. The zero-order chi connectivity index (χ0) is 11.4. The van der Waals surface area contributed by atoms with Gasteiger partial charge < -0.3 is 10.2 Å². The number of nitrogens with zero attached hydrogens (tertiary/aromatic N) is 1. The average Bonchev–Trinajstić information content (AvgIpc) is 2.14. The molecule has 0 aliphatic heterocycles. The van der Waals surface area contributed by atoms with Gasteiger partial charge in [-0.25, -0.2) is 0 Å². The van der Waals surface area contributed by atoms with E-state index >= 15 is 0 Å². The number of nitro groups is 1. The van der Waals surface area contributed by atoms with Crippen LogP contribution in [0.2, 0.25) is 0 Å². The van der Waals surface area contributed by atoms with Gasteiger partial charge >= 0.3 is 0 Å². The Kier molecular flexibility index (Phi) is 3.62. The van der Waals surface area contributed by atoms with Crippen molar-refractivity contribution in [2.45, 2.75) is 25.9 Å². The zero-order valence-electron chi connectivity index (χ0n) is 8.38. The molecule has 0 saturated carbocycles. The standard InChI is InChI=1S/C10H13NO4/c1-7(12)2-3-8-6-9(13)4-5-10(8)11(14)15/h4-7,12-13H,2-3H2,1H3/t7-/m1/s1. The highest BCUT2D eigenvalue weighted by atomic mass is 16.6. The Hall–Kier alpha value is -1.62. The second-order valence-electron chi connectivity index (χ2n) is 3.46. The van der Waals surface area contributed by atoms with Gasteiger partial charge in [0.05, 0.1) is 11.0 Å². The molecule has 0 aromatic heterocycles. The molecule has 0 radical (unpaired) electrons. The van der Waals surface area contributed by atoms with E-state index in [1.807, 2.05) is 0 Å². The predicted octanol–water partition coefficient (Wildman–Crippen LogP) is 1.61. The molecule has 2 N–H and O–H groups in total. The predicted molar refractivity (Wildman–Crippen MR) is 54.8 cm³/mol. The molecule has 0 aliphatic carbocycles. The summed E-state index contributed by atoms with van der Waals surface area (Å²) in [5.41, 5.74) is 0.425. The first kappa shape index (κ1) is 11.5. The Morgan fingerprint density at radius 3 is 2.73 bits per heavy atom. The number of phenolic OH excluding ortho intramolecular Hbond substituents is 1. The minimum absolute atomic E-state index is 0.00110. The number of nitro benzene ring substituents is 1. The Balaban J connectivity index is 2.92. The Morgan fingerprint density at radius 1 is 1.53 bits per heavy atom.